The minimum Gasteiger partial charge on any atom is -0.481 e. The third-order valence-electron chi connectivity index (χ3n) is 2.06. The Morgan fingerprint density at radius 2 is 1.75 bits per heavy atom. The van der Waals surface area contributed by atoms with E-state index in [0.29, 0.717) is 0 Å². The van der Waals surface area contributed by atoms with Crippen molar-refractivity contribution in [3.05, 3.63) is 29.8 Å². The van der Waals surface area contributed by atoms with E-state index < -0.39 is 37.4 Å². The summed E-state index contributed by atoms with van der Waals surface area (Å²) in [5.74, 6) is -3.11. The fourth-order valence-corrected chi connectivity index (χ4v) is 1.23. The molecule has 0 atom stereocenters. The number of Topliss-reactive ketones (excluding diaryl/α,β-unsaturated/α-hetero) is 1. The number of benzene rings is 1. The first-order valence-electron chi connectivity index (χ1n) is 5.34. The van der Waals surface area contributed by atoms with Crippen LogP contribution in [0.5, 0.6) is 5.75 Å². The standard InChI is InChI=1S/C12H10F2O6/c13-12(14)20-8-3-1-7(2-4-8)9(15)6-19-11(18)5-10(16)17/h1-4,12H,5-6H2,(H,16,17). The lowest BCUT2D eigenvalue weighted by molar-refractivity contribution is -0.150. The van der Waals surface area contributed by atoms with Crippen molar-refractivity contribution >= 4 is 17.7 Å². The summed E-state index contributed by atoms with van der Waals surface area (Å²) in [7, 11) is 0. The molecule has 20 heavy (non-hydrogen) atoms. The van der Waals surface area contributed by atoms with Crippen LogP contribution in [-0.4, -0.2) is 36.0 Å². The zero-order chi connectivity index (χ0) is 15.1. The number of carboxylic acid groups (broad SMARTS) is 1. The third kappa shape index (κ3) is 5.42. The Bertz CT molecular complexity index is 497. The second-order valence-electron chi connectivity index (χ2n) is 3.56. The predicted octanol–water partition coefficient (Wildman–Crippen LogP) is 1.49. The van der Waals surface area contributed by atoms with E-state index in [1.807, 2.05) is 0 Å². The lowest BCUT2D eigenvalue weighted by atomic mass is 10.1. The molecule has 0 saturated heterocycles. The first kappa shape index (κ1) is 15.5. The van der Waals surface area contributed by atoms with Gasteiger partial charge in [0.25, 0.3) is 0 Å². The molecule has 108 valence electrons. The highest BCUT2D eigenvalue weighted by Crippen LogP contribution is 2.15. The summed E-state index contributed by atoms with van der Waals surface area (Å²) in [5, 5.41) is 8.31. The van der Waals surface area contributed by atoms with Crippen LogP contribution >= 0.6 is 0 Å². The molecule has 1 aromatic carbocycles. The molecule has 0 bridgehead atoms. The Hall–Kier alpha value is -2.51. The number of carbonyl (C=O) groups is 3. The van der Waals surface area contributed by atoms with E-state index in [9.17, 15) is 23.2 Å². The zero-order valence-corrected chi connectivity index (χ0v) is 10.0. The first-order chi connectivity index (χ1) is 9.38. The molecular weight excluding hydrogens is 278 g/mol. The Balaban J connectivity index is 2.51. The lowest BCUT2D eigenvalue weighted by Crippen LogP contribution is -2.16. The molecule has 1 aromatic rings. The molecule has 0 unspecified atom stereocenters. The van der Waals surface area contributed by atoms with Gasteiger partial charge in [-0.2, -0.15) is 8.78 Å². The van der Waals surface area contributed by atoms with Crippen LogP contribution in [0.2, 0.25) is 0 Å². The highest BCUT2D eigenvalue weighted by atomic mass is 19.3. The Kier molecular flexibility index (Phi) is 5.57. The number of hydrogen-bond acceptors (Lipinski definition) is 5. The van der Waals surface area contributed by atoms with Gasteiger partial charge in [-0.05, 0) is 24.3 Å². The van der Waals surface area contributed by atoms with Gasteiger partial charge in [0.1, 0.15) is 12.2 Å². The molecule has 0 aromatic heterocycles. The van der Waals surface area contributed by atoms with Crippen LogP contribution in [-0.2, 0) is 14.3 Å². The lowest BCUT2D eigenvalue weighted by Gasteiger charge is -2.06. The number of hydrogen-bond donors (Lipinski definition) is 1. The van der Waals surface area contributed by atoms with Gasteiger partial charge in [-0.25, -0.2) is 0 Å². The monoisotopic (exact) mass is 288 g/mol. The molecule has 0 fully saturated rings. The SMILES string of the molecule is O=C(O)CC(=O)OCC(=O)c1ccc(OC(F)F)cc1. The number of ether oxygens (including phenoxy) is 2. The Morgan fingerprint density at radius 3 is 2.25 bits per heavy atom. The van der Waals surface area contributed by atoms with Crippen molar-refractivity contribution in [3.8, 4) is 5.75 Å². The second kappa shape index (κ2) is 7.17. The number of esters is 1. The number of halogens is 2. The molecule has 1 N–H and O–H groups in total. The Labute approximate surface area is 111 Å². The molecule has 0 aliphatic rings. The summed E-state index contributed by atoms with van der Waals surface area (Å²) in [5.41, 5.74) is 0.120. The van der Waals surface area contributed by atoms with Crippen LogP contribution in [0.25, 0.3) is 0 Å². The van der Waals surface area contributed by atoms with E-state index in [0.717, 1.165) is 0 Å². The van der Waals surface area contributed by atoms with Crippen molar-refractivity contribution in [1.82, 2.24) is 0 Å². The van der Waals surface area contributed by atoms with Crippen molar-refractivity contribution < 1.29 is 37.7 Å². The molecule has 0 aliphatic carbocycles. The predicted molar refractivity (Wildman–Crippen MR) is 60.6 cm³/mol. The smallest absolute Gasteiger partial charge is 0.387 e. The zero-order valence-electron chi connectivity index (χ0n) is 10.0. The van der Waals surface area contributed by atoms with Gasteiger partial charge < -0.3 is 14.6 Å². The van der Waals surface area contributed by atoms with Crippen molar-refractivity contribution in [2.45, 2.75) is 13.0 Å². The summed E-state index contributed by atoms with van der Waals surface area (Å²) < 4.78 is 32.3. The molecular formula is C12H10F2O6. The van der Waals surface area contributed by atoms with Gasteiger partial charge in [-0.15, -0.1) is 0 Å². The van der Waals surface area contributed by atoms with Gasteiger partial charge in [-0.3, -0.25) is 14.4 Å². The number of rotatable bonds is 7. The molecule has 1 rings (SSSR count). The summed E-state index contributed by atoms with van der Waals surface area (Å²) in [6.07, 6.45) is -0.839. The van der Waals surface area contributed by atoms with Gasteiger partial charge in [-0.1, -0.05) is 0 Å². The van der Waals surface area contributed by atoms with E-state index in [1.54, 1.807) is 0 Å². The van der Waals surface area contributed by atoms with Crippen molar-refractivity contribution in [2.75, 3.05) is 6.61 Å². The molecule has 0 saturated carbocycles. The fourth-order valence-electron chi connectivity index (χ4n) is 1.23. The largest absolute Gasteiger partial charge is 0.481 e. The van der Waals surface area contributed by atoms with Crippen LogP contribution in [0.1, 0.15) is 16.8 Å². The average molecular weight is 288 g/mol. The van der Waals surface area contributed by atoms with Crippen molar-refractivity contribution in [3.63, 3.8) is 0 Å². The maximum Gasteiger partial charge on any atom is 0.387 e. The molecule has 6 nitrogen and oxygen atoms in total. The minimum absolute atomic E-state index is 0.112. The number of aliphatic carboxylic acids is 1. The van der Waals surface area contributed by atoms with Gasteiger partial charge in [0.2, 0.25) is 0 Å². The van der Waals surface area contributed by atoms with Crippen LogP contribution in [0.15, 0.2) is 24.3 Å². The minimum atomic E-state index is -2.96. The molecule has 0 radical (unpaired) electrons. The van der Waals surface area contributed by atoms with E-state index in [4.69, 9.17) is 5.11 Å². The quantitative estimate of drug-likeness (QED) is 0.464. The van der Waals surface area contributed by atoms with Crippen LogP contribution in [0, 0.1) is 0 Å². The van der Waals surface area contributed by atoms with Crippen molar-refractivity contribution in [1.29, 1.82) is 0 Å². The number of ketones is 1. The third-order valence-corrected chi connectivity index (χ3v) is 2.06. The summed E-state index contributed by atoms with van der Waals surface area (Å²) in [6, 6.07) is 4.78. The van der Waals surface area contributed by atoms with Gasteiger partial charge in [0.05, 0.1) is 0 Å². The van der Waals surface area contributed by atoms with Crippen LogP contribution in [0.3, 0.4) is 0 Å². The van der Waals surface area contributed by atoms with E-state index >= 15 is 0 Å². The van der Waals surface area contributed by atoms with Crippen LogP contribution in [0.4, 0.5) is 8.78 Å². The highest BCUT2D eigenvalue weighted by Gasteiger charge is 2.13. The van der Waals surface area contributed by atoms with E-state index in [2.05, 4.69) is 9.47 Å². The maximum atomic E-state index is 11.9. The number of carboxylic acids is 1. The van der Waals surface area contributed by atoms with Gasteiger partial charge in [0, 0.05) is 5.56 Å². The fraction of sp³-hybridized carbons (Fsp3) is 0.250. The van der Waals surface area contributed by atoms with Crippen molar-refractivity contribution in [2.24, 2.45) is 0 Å². The highest BCUT2D eigenvalue weighted by molar-refractivity contribution is 5.99. The topological polar surface area (TPSA) is 89.9 Å². The molecule has 8 heteroatoms. The maximum absolute atomic E-state index is 11.9. The van der Waals surface area contributed by atoms with Gasteiger partial charge in [0.15, 0.2) is 12.4 Å². The van der Waals surface area contributed by atoms with Gasteiger partial charge >= 0.3 is 18.6 Å². The molecule has 0 aliphatic heterocycles. The molecule has 0 amide bonds. The van der Waals surface area contributed by atoms with Crippen LogP contribution < -0.4 is 4.74 Å². The normalized spacial score (nSPS) is 10.2. The second-order valence-corrected chi connectivity index (χ2v) is 3.56. The average Bonchev–Trinajstić information content (AvgIpc) is 2.35. The number of alkyl halides is 2. The number of carbonyl (C=O) groups excluding carboxylic acids is 2. The molecule has 0 heterocycles. The van der Waals surface area contributed by atoms with E-state index in [1.165, 1.54) is 24.3 Å². The molecule has 0 spiro atoms. The Morgan fingerprint density at radius 1 is 1.15 bits per heavy atom. The first-order valence-corrected chi connectivity index (χ1v) is 5.34. The summed E-state index contributed by atoms with van der Waals surface area (Å²) in [4.78, 5) is 32.6. The van der Waals surface area contributed by atoms with E-state index in [-0.39, 0.29) is 11.3 Å². The summed E-state index contributed by atoms with van der Waals surface area (Å²) in [6.45, 7) is -3.59. The summed E-state index contributed by atoms with van der Waals surface area (Å²) >= 11 is 0.